The second kappa shape index (κ2) is 12.0. The Morgan fingerprint density at radius 1 is 0.848 bits per heavy atom. The van der Waals surface area contributed by atoms with E-state index in [0.717, 1.165) is 12.0 Å². The molecule has 0 heterocycles. The third-order valence-electron chi connectivity index (χ3n) is 4.98. The van der Waals surface area contributed by atoms with Crippen molar-refractivity contribution in [3.05, 3.63) is 101 Å². The Morgan fingerprint density at radius 3 is 2.06 bits per heavy atom. The fraction of sp³-hybridized carbons (Fsp3) is 0.222. The molecule has 3 aromatic rings. The molecule has 5 nitrogen and oxygen atoms in total. The normalized spacial score (nSPS) is 10.5. The number of carbonyl (C=O) groups excluding carboxylic acids is 3. The molecular formula is C27H26O5S. The van der Waals surface area contributed by atoms with Gasteiger partial charge in [0.2, 0.25) is 0 Å². The number of rotatable bonds is 10. The van der Waals surface area contributed by atoms with Crippen LogP contribution in [0.5, 0.6) is 0 Å². The van der Waals surface area contributed by atoms with Crippen LogP contribution in [0, 0.1) is 0 Å². The highest BCUT2D eigenvalue weighted by Gasteiger charge is 2.28. The summed E-state index contributed by atoms with van der Waals surface area (Å²) in [6.45, 7) is 2.23. The molecule has 0 fully saturated rings. The lowest BCUT2D eigenvalue weighted by Crippen LogP contribution is -2.19. The molecule has 6 heteroatoms. The minimum Gasteiger partial charge on any atom is -0.465 e. The number of hydrogen-bond acceptors (Lipinski definition) is 6. The Kier molecular flexibility index (Phi) is 8.84. The molecule has 0 bridgehead atoms. The van der Waals surface area contributed by atoms with Gasteiger partial charge in [-0.3, -0.25) is 4.79 Å². The van der Waals surface area contributed by atoms with Crippen LogP contribution in [0.3, 0.4) is 0 Å². The summed E-state index contributed by atoms with van der Waals surface area (Å²) in [4.78, 5) is 39.8. The Labute approximate surface area is 198 Å². The monoisotopic (exact) mass is 462 g/mol. The summed E-state index contributed by atoms with van der Waals surface area (Å²) >= 11 is 1.46. The highest BCUT2D eigenvalue weighted by atomic mass is 32.2. The van der Waals surface area contributed by atoms with Crippen molar-refractivity contribution in [3.8, 4) is 0 Å². The molecule has 3 aromatic carbocycles. The lowest BCUT2D eigenvalue weighted by molar-refractivity contribution is 0.0496. The lowest BCUT2D eigenvalue weighted by atomic mass is 9.93. The van der Waals surface area contributed by atoms with E-state index in [-0.39, 0.29) is 23.3 Å². The maximum absolute atomic E-state index is 13.4. The summed E-state index contributed by atoms with van der Waals surface area (Å²) in [7, 11) is 1.25. The standard InChI is InChI=1S/C27H26O5S/c1-3-4-15-32-27(30)23-17-21(33-18-19-11-7-5-8-12-19)16-22(26(29)31-2)24(23)25(28)20-13-9-6-10-14-20/h5-14,16-17H,3-4,15,18H2,1-2H3. The molecule has 0 aliphatic heterocycles. The summed E-state index contributed by atoms with van der Waals surface area (Å²) < 4.78 is 10.4. The first-order chi connectivity index (χ1) is 16.0. The van der Waals surface area contributed by atoms with Gasteiger partial charge in [-0.25, -0.2) is 9.59 Å². The molecule has 0 saturated carbocycles. The molecule has 0 saturated heterocycles. The van der Waals surface area contributed by atoms with E-state index in [1.165, 1.54) is 18.9 Å². The second-order valence-electron chi connectivity index (χ2n) is 7.34. The second-order valence-corrected chi connectivity index (χ2v) is 8.39. The van der Waals surface area contributed by atoms with Crippen LogP contribution in [0.25, 0.3) is 0 Å². The topological polar surface area (TPSA) is 69.7 Å². The van der Waals surface area contributed by atoms with Crippen LogP contribution < -0.4 is 0 Å². The van der Waals surface area contributed by atoms with Gasteiger partial charge in [0.15, 0.2) is 5.78 Å². The van der Waals surface area contributed by atoms with Crippen molar-refractivity contribution >= 4 is 29.5 Å². The smallest absolute Gasteiger partial charge is 0.338 e. The first-order valence-electron chi connectivity index (χ1n) is 10.7. The predicted octanol–water partition coefficient (Wildman–Crippen LogP) is 5.95. The van der Waals surface area contributed by atoms with Gasteiger partial charge in [0.05, 0.1) is 30.4 Å². The van der Waals surface area contributed by atoms with Crippen molar-refractivity contribution in [1.29, 1.82) is 0 Å². The molecule has 0 amide bonds. The third kappa shape index (κ3) is 6.33. The Hall–Kier alpha value is -3.38. The van der Waals surface area contributed by atoms with E-state index in [1.54, 1.807) is 42.5 Å². The van der Waals surface area contributed by atoms with Crippen molar-refractivity contribution in [2.45, 2.75) is 30.4 Å². The van der Waals surface area contributed by atoms with Crippen molar-refractivity contribution in [3.63, 3.8) is 0 Å². The number of esters is 2. The molecule has 0 unspecified atom stereocenters. The van der Waals surface area contributed by atoms with E-state index >= 15 is 0 Å². The number of thioether (sulfide) groups is 1. The van der Waals surface area contributed by atoms with Crippen LogP contribution in [-0.2, 0) is 15.2 Å². The number of unbranched alkanes of at least 4 members (excludes halogenated alkanes) is 1. The van der Waals surface area contributed by atoms with Crippen LogP contribution in [0.2, 0.25) is 0 Å². The number of hydrogen-bond donors (Lipinski definition) is 0. The largest absolute Gasteiger partial charge is 0.465 e. The van der Waals surface area contributed by atoms with E-state index in [9.17, 15) is 14.4 Å². The predicted molar refractivity (Wildman–Crippen MR) is 129 cm³/mol. The van der Waals surface area contributed by atoms with Crippen LogP contribution >= 0.6 is 11.8 Å². The summed E-state index contributed by atoms with van der Waals surface area (Å²) in [5.74, 6) is -1.11. The maximum Gasteiger partial charge on any atom is 0.338 e. The highest BCUT2D eigenvalue weighted by Crippen LogP contribution is 2.30. The minimum atomic E-state index is -0.681. The molecule has 170 valence electrons. The highest BCUT2D eigenvalue weighted by molar-refractivity contribution is 7.98. The van der Waals surface area contributed by atoms with Gasteiger partial charge in [-0.2, -0.15) is 0 Å². The quantitative estimate of drug-likeness (QED) is 0.160. The summed E-state index contributed by atoms with van der Waals surface area (Å²) in [5.41, 5.74) is 1.58. The maximum atomic E-state index is 13.4. The van der Waals surface area contributed by atoms with Gasteiger partial charge in [0.25, 0.3) is 0 Å². The fourth-order valence-electron chi connectivity index (χ4n) is 3.24. The fourth-order valence-corrected chi connectivity index (χ4v) is 4.17. The van der Waals surface area contributed by atoms with Crippen molar-refractivity contribution in [2.24, 2.45) is 0 Å². The number of carbonyl (C=O) groups is 3. The first-order valence-corrected chi connectivity index (χ1v) is 11.7. The number of methoxy groups -OCH3 is 1. The Balaban J connectivity index is 2.08. The molecule has 33 heavy (non-hydrogen) atoms. The van der Waals surface area contributed by atoms with Gasteiger partial charge in [-0.05, 0) is 24.1 Å². The molecule has 0 N–H and O–H groups in total. The zero-order chi connectivity index (χ0) is 23.6. The lowest BCUT2D eigenvalue weighted by Gasteiger charge is -2.15. The van der Waals surface area contributed by atoms with Crippen molar-refractivity contribution in [2.75, 3.05) is 13.7 Å². The van der Waals surface area contributed by atoms with Gasteiger partial charge < -0.3 is 9.47 Å². The van der Waals surface area contributed by atoms with Crippen molar-refractivity contribution < 1.29 is 23.9 Å². The molecule has 0 aliphatic carbocycles. The number of ether oxygens (including phenoxy) is 2. The minimum absolute atomic E-state index is 0.00129. The average molecular weight is 463 g/mol. The van der Waals surface area contributed by atoms with E-state index in [0.29, 0.717) is 22.6 Å². The molecule has 0 aromatic heterocycles. The van der Waals surface area contributed by atoms with E-state index in [4.69, 9.17) is 9.47 Å². The van der Waals surface area contributed by atoms with Crippen LogP contribution in [0.15, 0.2) is 77.7 Å². The molecule has 0 atom stereocenters. The molecule has 0 spiro atoms. The zero-order valence-electron chi connectivity index (χ0n) is 18.7. The summed E-state index contributed by atoms with van der Waals surface area (Å²) in [6.07, 6.45) is 1.57. The van der Waals surface area contributed by atoms with Crippen LogP contribution in [-0.4, -0.2) is 31.4 Å². The van der Waals surface area contributed by atoms with E-state index in [2.05, 4.69) is 0 Å². The molecule has 0 aliphatic rings. The first kappa shape index (κ1) is 24.3. The van der Waals surface area contributed by atoms with E-state index < -0.39 is 17.7 Å². The molecule has 3 rings (SSSR count). The van der Waals surface area contributed by atoms with Crippen LogP contribution in [0.4, 0.5) is 0 Å². The molecule has 0 radical (unpaired) electrons. The summed E-state index contributed by atoms with van der Waals surface area (Å²) in [5, 5.41) is 0. The van der Waals surface area contributed by atoms with Gasteiger partial charge in [-0.1, -0.05) is 74.0 Å². The van der Waals surface area contributed by atoms with Gasteiger partial charge in [0.1, 0.15) is 0 Å². The van der Waals surface area contributed by atoms with Gasteiger partial charge in [0, 0.05) is 16.2 Å². The molecular weight excluding hydrogens is 436 g/mol. The van der Waals surface area contributed by atoms with Crippen molar-refractivity contribution in [1.82, 2.24) is 0 Å². The average Bonchev–Trinajstić information content (AvgIpc) is 2.87. The van der Waals surface area contributed by atoms with Crippen LogP contribution in [0.1, 0.15) is 62.0 Å². The third-order valence-corrected chi connectivity index (χ3v) is 6.03. The number of benzene rings is 3. The van der Waals surface area contributed by atoms with Gasteiger partial charge >= 0.3 is 11.9 Å². The zero-order valence-corrected chi connectivity index (χ0v) is 19.5. The number of ketones is 1. The SMILES string of the molecule is CCCCOC(=O)c1cc(SCc2ccccc2)cc(C(=O)OC)c1C(=O)c1ccccc1. The Morgan fingerprint density at radius 2 is 1.45 bits per heavy atom. The Bertz CT molecular complexity index is 1110. The summed E-state index contributed by atoms with van der Waals surface area (Å²) in [6, 6.07) is 21.6. The van der Waals surface area contributed by atoms with E-state index in [1.807, 2.05) is 37.3 Å². The van der Waals surface area contributed by atoms with Gasteiger partial charge in [-0.15, -0.1) is 11.8 Å².